The number of hydrogen-bond donors (Lipinski definition) is 0. The van der Waals surface area contributed by atoms with Crippen molar-refractivity contribution in [3.05, 3.63) is 34.9 Å². The lowest BCUT2D eigenvalue weighted by atomic mass is 9.99. The number of carbonyl (C=O) groups is 1. The smallest absolute Gasteiger partial charge is 0.179 e. The molecule has 1 aliphatic rings. The van der Waals surface area contributed by atoms with Gasteiger partial charge in [0.15, 0.2) is 5.78 Å². The molecule has 20 heavy (non-hydrogen) atoms. The van der Waals surface area contributed by atoms with Crippen molar-refractivity contribution in [1.29, 1.82) is 0 Å². The zero-order valence-corrected chi connectivity index (χ0v) is 13.3. The van der Waals surface area contributed by atoms with Crippen LogP contribution >= 0.6 is 11.6 Å². The van der Waals surface area contributed by atoms with E-state index in [9.17, 15) is 4.79 Å². The predicted molar refractivity (Wildman–Crippen MR) is 81.4 cm³/mol. The summed E-state index contributed by atoms with van der Waals surface area (Å²) in [7, 11) is 0. The van der Waals surface area contributed by atoms with Crippen LogP contribution in [0.25, 0.3) is 0 Å². The molecule has 1 aromatic rings. The molecule has 0 saturated carbocycles. The summed E-state index contributed by atoms with van der Waals surface area (Å²) in [5.74, 6) is 0.131. The lowest BCUT2D eigenvalue weighted by molar-refractivity contribution is -0.133. The average molecular weight is 296 g/mol. The Balaban J connectivity index is 2.12. The number of morpholine rings is 1. The second-order valence-corrected chi connectivity index (χ2v) is 6.60. The molecule has 0 aliphatic carbocycles. The molecule has 1 heterocycles. The highest BCUT2D eigenvalue weighted by Gasteiger charge is 2.35. The number of nitrogens with zero attached hydrogens (tertiary/aromatic N) is 1. The number of benzene rings is 1. The number of rotatable bonds is 3. The van der Waals surface area contributed by atoms with Gasteiger partial charge in [-0.2, -0.15) is 0 Å². The zero-order chi connectivity index (χ0) is 14.9. The van der Waals surface area contributed by atoms with Crippen LogP contribution in [-0.4, -0.2) is 41.5 Å². The van der Waals surface area contributed by atoms with E-state index < -0.39 is 0 Å². The molecule has 0 spiro atoms. The first-order valence-corrected chi connectivity index (χ1v) is 7.38. The highest BCUT2D eigenvalue weighted by molar-refractivity contribution is 6.30. The van der Waals surface area contributed by atoms with Gasteiger partial charge in [-0.25, -0.2) is 0 Å². The van der Waals surface area contributed by atoms with Crippen molar-refractivity contribution in [2.24, 2.45) is 0 Å². The van der Waals surface area contributed by atoms with Crippen molar-refractivity contribution in [1.82, 2.24) is 4.90 Å². The fraction of sp³-hybridized carbons (Fsp3) is 0.562. The summed E-state index contributed by atoms with van der Waals surface area (Å²) < 4.78 is 5.88. The predicted octanol–water partition coefficient (Wildman–Crippen LogP) is 3.41. The Morgan fingerprint density at radius 2 is 2.00 bits per heavy atom. The molecule has 0 bridgehead atoms. The summed E-state index contributed by atoms with van der Waals surface area (Å²) in [6.07, 6.45) is 0.138. The number of carbonyl (C=O) groups excluding carboxylic acids is 1. The molecule has 0 aromatic heterocycles. The first-order chi connectivity index (χ1) is 9.28. The zero-order valence-electron chi connectivity index (χ0n) is 12.5. The number of ketones is 1. The second kappa shape index (κ2) is 5.84. The summed E-state index contributed by atoms with van der Waals surface area (Å²) in [6, 6.07) is 6.94. The van der Waals surface area contributed by atoms with Crippen LogP contribution < -0.4 is 0 Å². The Kier molecular flexibility index (Phi) is 4.52. The normalized spacial score (nSPS) is 24.4. The molecule has 4 heteroatoms. The van der Waals surface area contributed by atoms with E-state index in [4.69, 9.17) is 16.3 Å². The number of hydrogen-bond acceptors (Lipinski definition) is 3. The van der Waals surface area contributed by atoms with E-state index in [1.54, 1.807) is 24.3 Å². The van der Waals surface area contributed by atoms with Crippen molar-refractivity contribution in [2.75, 3.05) is 13.1 Å². The molecule has 0 radical (unpaired) electrons. The Morgan fingerprint density at radius 3 is 2.55 bits per heavy atom. The Bertz CT molecular complexity index is 484. The fourth-order valence-corrected chi connectivity index (χ4v) is 2.95. The van der Waals surface area contributed by atoms with Gasteiger partial charge in [-0.3, -0.25) is 9.69 Å². The Morgan fingerprint density at radius 1 is 1.40 bits per heavy atom. The van der Waals surface area contributed by atoms with Crippen LogP contribution in [0, 0.1) is 0 Å². The topological polar surface area (TPSA) is 29.5 Å². The number of ether oxygens (including phenoxy) is 1. The lowest BCUT2D eigenvalue weighted by Crippen LogP contribution is -2.56. The van der Waals surface area contributed by atoms with Crippen molar-refractivity contribution in [2.45, 2.75) is 45.4 Å². The average Bonchev–Trinajstić information content (AvgIpc) is 2.35. The molecule has 110 valence electrons. The van der Waals surface area contributed by atoms with Gasteiger partial charge in [-0.15, -0.1) is 0 Å². The molecule has 1 aromatic carbocycles. The third kappa shape index (κ3) is 3.60. The van der Waals surface area contributed by atoms with Gasteiger partial charge < -0.3 is 4.74 Å². The van der Waals surface area contributed by atoms with Crippen molar-refractivity contribution >= 4 is 17.4 Å². The number of Topliss-reactive ketones (excluding diaryl/α,β-unsaturated/α-hetero) is 1. The molecule has 0 amide bonds. The Labute approximate surface area is 125 Å². The largest absolute Gasteiger partial charge is 0.370 e. The minimum absolute atomic E-state index is 0.131. The van der Waals surface area contributed by atoms with Gasteiger partial charge >= 0.3 is 0 Å². The molecular formula is C16H22ClNO2. The quantitative estimate of drug-likeness (QED) is 0.800. The minimum Gasteiger partial charge on any atom is -0.370 e. The standard InChI is InChI=1S/C16H22ClNO2/c1-11-9-18(10-16(3,4)20-11)12(2)15(19)13-5-7-14(17)8-6-13/h5-8,11-12H,9-10H2,1-4H3. The second-order valence-electron chi connectivity index (χ2n) is 6.16. The van der Waals surface area contributed by atoms with Crippen LogP contribution in [-0.2, 0) is 4.74 Å². The lowest BCUT2D eigenvalue weighted by Gasteiger charge is -2.43. The summed E-state index contributed by atoms with van der Waals surface area (Å²) in [6.45, 7) is 9.69. The summed E-state index contributed by atoms with van der Waals surface area (Å²) in [5, 5.41) is 0.648. The van der Waals surface area contributed by atoms with Crippen molar-refractivity contribution < 1.29 is 9.53 Å². The van der Waals surface area contributed by atoms with Gasteiger partial charge in [0.1, 0.15) is 0 Å². The minimum atomic E-state index is -0.216. The maximum atomic E-state index is 12.5. The monoisotopic (exact) mass is 295 g/mol. The first kappa shape index (κ1) is 15.5. The van der Waals surface area contributed by atoms with Crippen LogP contribution in [0.15, 0.2) is 24.3 Å². The highest BCUT2D eigenvalue weighted by Crippen LogP contribution is 2.23. The van der Waals surface area contributed by atoms with E-state index in [2.05, 4.69) is 18.7 Å². The van der Waals surface area contributed by atoms with E-state index in [0.717, 1.165) is 13.1 Å². The van der Waals surface area contributed by atoms with Gasteiger partial charge in [0.2, 0.25) is 0 Å². The van der Waals surface area contributed by atoms with Crippen LogP contribution in [0.2, 0.25) is 5.02 Å². The van der Waals surface area contributed by atoms with Crippen molar-refractivity contribution in [3.63, 3.8) is 0 Å². The maximum absolute atomic E-state index is 12.5. The van der Waals surface area contributed by atoms with Crippen LogP contribution in [0.3, 0.4) is 0 Å². The fourth-order valence-electron chi connectivity index (χ4n) is 2.82. The van der Waals surface area contributed by atoms with Crippen molar-refractivity contribution in [3.8, 4) is 0 Å². The van der Waals surface area contributed by atoms with Crippen LogP contribution in [0.5, 0.6) is 0 Å². The van der Waals surface area contributed by atoms with Crippen LogP contribution in [0.4, 0.5) is 0 Å². The van der Waals surface area contributed by atoms with E-state index in [1.807, 2.05) is 13.8 Å². The maximum Gasteiger partial charge on any atom is 0.179 e. The van der Waals surface area contributed by atoms with E-state index in [-0.39, 0.29) is 23.5 Å². The van der Waals surface area contributed by atoms with Gasteiger partial charge in [-0.05, 0) is 52.0 Å². The highest BCUT2D eigenvalue weighted by atomic mass is 35.5. The summed E-state index contributed by atoms with van der Waals surface area (Å²) in [4.78, 5) is 14.7. The third-order valence-electron chi connectivity index (χ3n) is 3.65. The molecule has 3 nitrogen and oxygen atoms in total. The van der Waals surface area contributed by atoms with Gasteiger partial charge in [0, 0.05) is 23.7 Å². The molecule has 2 atom stereocenters. The molecule has 0 N–H and O–H groups in total. The molecule has 1 aliphatic heterocycles. The van der Waals surface area contributed by atoms with E-state index in [1.165, 1.54) is 0 Å². The Hall–Kier alpha value is -0.900. The van der Waals surface area contributed by atoms with Crippen LogP contribution in [0.1, 0.15) is 38.1 Å². The summed E-state index contributed by atoms with van der Waals surface area (Å²) >= 11 is 5.86. The van der Waals surface area contributed by atoms with Gasteiger partial charge in [-0.1, -0.05) is 11.6 Å². The third-order valence-corrected chi connectivity index (χ3v) is 3.90. The van der Waals surface area contributed by atoms with E-state index in [0.29, 0.717) is 10.6 Å². The first-order valence-electron chi connectivity index (χ1n) is 7.00. The molecular weight excluding hydrogens is 274 g/mol. The van der Waals surface area contributed by atoms with Gasteiger partial charge in [0.05, 0.1) is 17.7 Å². The SMILES string of the molecule is CC1CN(C(C)C(=O)c2ccc(Cl)cc2)CC(C)(C)O1. The summed E-state index contributed by atoms with van der Waals surface area (Å²) in [5.41, 5.74) is 0.491. The number of halogens is 1. The molecule has 2 rings (SSSR count). The van der Waals surface area contributed by atoms with E-state index >= 15 is 0 Å². The molecule has 2 unspecified atom stereocenters. The molecule has 1 saturated heterocycles. The van der Waals surface area contributed by atoms with Gasteiger partial charge in [0.25, 0.3) is 0 Å². The molecule has 1 fully saturated rings.